The summed E-state index contributed by atoms with van der Waals surface area (Å²) < 4.78 is 0. The van der Waals surface area contributed by atoms with Gasteiger partial charge in [-0.05, 0) is 6.20 Å². The SMILES string of the molecule is C=CNc1nccs1. The van der Waals surface area contributed by atoms with Crippen molar-refractivity contribution in [3.8, 4) is 0 Å². The molecule has 1 heterocycles. The lowest BCUT2D eigenvalue weighted by Gasteiger charge is -1.86. The number of hydrogen-bond donors (Lipinski definition) is 1. The lowest BCUT2D eigenvalue weighted by Crippen LogP contribution is -1.81. The molecule has 0 aromatic carbocycles. The van der Waals surface area contributed by atoms with Crippen LogP contribution in [0.25, 0.3) is 0 Å². The molecule has 0 fully saturated rings. The van der Waals surface area contributed by atoms with Gasteiger partial charge in [-0.25, -0.2) is 4.98 Å². The molecular formula is C5H6N2S. The van der Waals surface area contributed by atoms with Gasteiger partial charge in [-0.15, -0.1) is 11.3 Å². The van der Waals surface area contributed by atoms with Crippen LogP contribution >= 0.6 is 11.3 Å². The van der Waals surface area contributed by atoms with Crippen LogP contribution < -0.4 is 5.32 Å². The second kappa shape index (κ2) is 2.47. The summed E-state index contributed by atoms with van der Waals surface area (Å²) in [6.07, 6.45) is 3.36. The summed E-state index contributed by atoms with van der Waals surface area (Å²) >= 11 is 1.55. The van der Waals surface area contributed by atoms with Gasteiger partial charge in [0.2, 0.25) is 0 Å². The van der Waals surface area contributed by atoms with Crippen molar-refractivity contribution in [1.29, 1.82) is 0 Å². The van der Waals surface area contributed by atoms with Crippen molar-refractivity contribution < 1.29 is 0 Å². The molecule has 1 N–H and O–H groups in total. The Hall–Kier alpha value is -0.830. The predicted octanol–water partition coefficient (Wildman–Crippen LogP) is 1.70. The van der Waals surface area contributed by atoms with Crippen LogP contribution in [0.2, 0.25) is 0 Å². The lowest BCUT2D eigenvalue weighted by molar-refractivity contribution is 1.40. The van der Waals surface area contributed by atoms with Gasteiger partial charge < -0.3 is 5.32 Å². The minimum atomic E-state index is 0.889. The van der Waals surface area contributed by atoms with Crippen molar-refractivity contribution in [1.82, 2.24) is 4.98 Å². The summed E-state index contributed by atoms with van der Waals surface area (Å²) in [6, 6.07) is 0. The highest BCUT2D eigenvalue weighted by molar-refractivity contribution is 7.13. The average molecular weight is 126 g/mol. The molecule has 0 saturated carbocycles. The first-order valence-corrected chi connectivity index (χ1v) is 3.08. The molecule has 0 atom stereocenters. The quantitative estimate of drug-likeness (QED) is 0.652. The fourth-order valence-electron chi connectivity index (χ4n) is 0.382. The summed E-state index contributed by atoms with van der Waals surface area (Å²) in [6.45, 7) is 3.49. The number of nitrogens with zero attached hydrogens (tertiary/aromatic N) is 1. The van der Waals surface area contributed by atoms with Crippen LogP contribution in [0.3, 0.4) is 0 Å². The zero-order valence-corrected chi connectivity index (χ0v) is 5.11. The number of rotatable bonds is 2. The molecule has 1 rings (SSSR count). The molecule has 3 heteroatoms. The van der Waals surface area contributed by atoms with E-state index in [9.17, 15) is 0 Å². The molecule has 0 aliphatic rings. The molecule has 0 unspecified atom stereocenters. The molecule has 0 spiro atoms. The van der Waals surface area contributed by atoms with Gasteiger partial charge >= 0.3 is 0 Å². The molecule has 8 heavy (non-hydrogen) atoms. The molecule has 0 saturated heterocycles. The van der Waals surface area contributed by atoms with E-state index in [1.54, 1.807) is 23.7 Å². The highest BCUT2D eigenvalue weighted by atomic mass is 32.1. The van der Waals surface area contributed by atoms with Crippen LogP contribution in [0.15, 0.2) is 24.4 Å². The third-order valence-corrected chi connectivity index (χ3v) is 1.36. The first-order chi connectivity index (χ1) is 3.93. The van der Waals surface area contributed by atoms with Crippen molar-refractivity contribution in [2.75, 3.05) is 5.32 Å². The van der Waals surface area contributed by atoms with E-state index in [1.807, 2.05) is 5.38 Å². The molecule has 0 bridgehead atoms. The fourth-order valence-corrected chi connectivity index (χ4v) is 0.906. The van der Waals surface area contributed by atoms with E-state index in [1.165, 1.54) is 0 Å². The fraction of sp³-hybridized carbons (Fsp3) is 0. The molecule has 1 aromatic rings. The van der Waals surface area contributed by atoms with Crippen molar-refractivity contribution >= 4 is 16.5 Å². The van der Waals surface area contributed by atoms with E-state index in [0.29, 0.717) is 0 Å². The Labute approximate surface area is 51.9 Å². The summed E-state index contributed by atoms with van der Waals surface area (Å²) in [5.74, 6) is 0. The van der Waals surface area contributed by atoms with Gasteiger partial charge in [-0.3, -0.25) is 0 Å². The van der Waals surface area contributed by atoms with Crippen LogP contribution in [0.1, 0.15) is 0 Å². The normalized spacial score (nSPS) is 8.50. The predicted molar refractivity (Wildman–Crippen MR) is 35.9 cm³/mol. The maximum atomic E-state index is 3.94. The maximum Gasteiger partial charge on any atom is 0.186 e. The molecule has 42 valence electrons. The van der Waals surface area contributed by atoms with Gasteiger partial charge in [0.25, 0.3) is 0 Å². The van der Waals surface area contributed by atoms with Crippen LogP contribution in [0.5, 0.6) is 0 Å². The van der Waals surface area contributed by atoms with Crippen LogP contribution in [-0.4, -0.2) is 4.98 Å². The lowest BCUT2D eigenvalue weighted by atomic mass is 10.9. The van der Waals surface area contributed by atoms with Gasteiger partial charge in [0, 0.05) is 11.6 Å². The van der Waals surface area contributed by atoms with Crippen molar-refractivity contribution in [2.45, 2.75) is 0 Å². The largest absolute Gasteiger partial charge is 0.339 e. The smallest absolute Gasteiger partial charge is 0.186 e. The summed E-state index contributed by atoms with van der Waals surface area (Å²) in [5.41, 5.74) is 0. The summed E-state index contributed by atoms with van der Waals surface area (Å²) in [7, 11) is 0. The average Bonchev–Trinajstić information content (AvgIpc) is 2.19. The Morgan fingerprint density at radius 3 is 3.25 bits per heavy atom. The number of nitrogens with one attached hydrogen (secondary N) is 1. The first-order valence-electron chi connectivity index (χ1n) is 2.20. The van der Waals surface area contributed by atoms with E-state index in [0.717, 1.165) is 5.13 Å². The summed E-state index contributed by atoms with van der Waals surface area (Å²) in [5, 5.41) is 5.66. The zero-order valence-electron chi connectivity index (χ0n) is 4.29. The number of hydrogen-bond acceptors (Lipinski definition) is 3. The maximum absolute atomic E-state index is 3.94. The van der Waals surface area contributed by atoms with Crippen molar-refractivity contribution in [3.63, 3.8) is 0 Å². The van der Waals surface area contributed by atoms with Crippen LogP contribution in [-0.2, 0) is 0 Å². The summed E-state index contributed by atoms with van der Waals surface area (Å²) in [4.78, 5) is 3.94. The molecule has 0 aliphatic heterocycles. The highest BCUT2D eigenvalue weighted by Crippen LogP contribution is 2.08. The van der Waals surface area contributed by atoms with E-state index in [4.69, 9.17) is 0 Å². The minimum Gasteiger partial charge on any atom is -0.339 e. The Morgan fingerprint density at radius 2 is 2.75 bits per heavy atom. The monoisotopic (exact) mass is 126 g/mol. The number of aromatic nitrogens is 1. The van der Waals surface area contributed by atoms with Crippen LogP contribution in [0.4, 0.5) is 5.13 Å². The second-order valence-corrected chi connectivity index (χ2v) is 2.08. The molecule has 2 nitrogen and oxygen atoms in total. The molecule has 0 amide bonds. The Balaban J connectivity index is 2.62. The minimum absolute atomic E-state index is 0.889. The third kappa shape index (κ3) is 1.07. The molecular weight excluding hydrogens is 120 g/mol. The standard InChI is InChI=1S/C5H6N2S/c1-2-6-5-7-3-4-8-5/h2-4H,1H2,(H,6,7). The number of thiazole rings is 1. The highest BCUT2D eigenvalue weighted by Gasteiger charge is 1.84. The van der Waals surface area contributed by atoms with Gasteiger partial charge in [-0.2, -0.15) is 0 Å². The zero-order chi connectivity index (χ0) is 5.82. The van der Waals surface area contributed by atoms with Gasteiger partial charge in [0.15, 0.2) is 5.13 Å². The third-order valence-electron chi connectivity index (χ3n) is 0.658. The topological polar surface area (TPSA) is 24.9 Å². The van der Waals surface area contributed by atoms with Crippen LogP contribution in [0, 0.1) is 0 Å². The van der Waals surface area contributed by atoms with E-state index in [-0.39, 0.29) is 0 Å². The molecule has 0 aliphatic carbocycles. The first kappa shape index (κ1) is 5.31. The Kier molecular flexibility index (Phi) is 1.64. The van der Waals surface area contributed by atoms with E-state index < -0.39 is 0 Å². The molecule has 0 radical (unpaired) electrons. The second-order valence-electron chi connectivity index (χ2n) is 1.19. The van der Waals surface area contributed by atoms with Gasteiger partial charge in [0.1, 0.15) is 0 Å². The van der Waals surface area contributed by atoms with E-state index >= 15 is 0 Å². The Morgan fingerprint density at radius 1 is 1.88 bits per heavy atom. The van der Waals surface area contributed by atoms with E-state index in [2.05, 4.69) is 16.9 Å². The van der Waals surface area contributed by atoms with Crippen molar-refractivity contribution in [2.24, 2.45) is 0 Å². The number of anilines is 1. The molecule has 1 aromatic heterocycles. The Bertz CT molecular complexity index is 157. The van der Waals surface area contributed by atoms with Gasteiger partial charge in [-0.1, -0.05) is 6.58 Å². The van der Waals surface area contributed by atoms with Crippen molar-refractivity contribution in [3.05, 3.63) is 24.4 Å². The van der Waals surface area contributed by atoms with Gasteiger partial charge in [0.05, 0.1) is 0 Å².